The molecule has 1 aromatic carbocycles. The Kier molecular flexibility index (Phi) is 6.02. The average molecular weight is 325 g/mol. The number of hydrogen-bond donors (Lipinski definition) is 1. The summed E-state index contributed by atoms with van der Waals surface area (Å²) in [6, 6.07) is 10.1. The summed E-state index contributed by atoms with van der Waals surface area (Å²) in [4.78, 5) is 15.8. The Bertz CT molecular complexity index is 610. The van der Waals surface area contributed by atoms with Gasteiger partial charge in [-0.15, -0.1) is 11.8 Å². The smallest absolute Gasteiger partial charge is 0.230 e. The van der Waals surface area contributed by atoms with Crippen molar-refractivity contribution in [2.75, 3.05) is 5.75 Å². The topological polar surface area (TPSA) is 42.0 Å². The summed E-state index contributed by atoms with van der Waals surface area (Å²) < 4.78 is 13.5. The fraction of sp³-hybridized carbons (Fsp3) is 0.200. The van der Waals surface area contributed by atoms with Gasteiger partial charge >= 0.3 is 0 Å². The molecule has 0 unspecified atom stereocenters. The highest BCUT2D eigenvalue weighted by atomic mass is 35.5. The molecule has 2 aromatic rings. The lowest BCUT2D eigenvalue weighted by atomic mass is 10.2. The molecule has 1 heterocycles. The Balaban J connectivity index is 1.72. The Morgan fingerprint density at radius 1 is 1.33 bits per heavy atom. The van der Waals surface area contributed by atoms with Crippen LogP contribution in [0.5, 0.6) is 0 Å². The van der Waals surface area contributed by atoms with Gasteiger partial charge < -0.3 is 5.32 Å². The molecule has 0 atom stereocenters. The van der Waals surface area contributed by atoms with Crippen LogP contribution in [0.1, 0.15) is 11.3 Å². The summed E-state index contributed by atoms with van der Waals surface area (Å²) in [6.07, 6.45) is 1.68. The number of nitrogens with one attached hydrogen (secondary N) is 1. The van der Waals surface area contributed by atoms with Crippen molar-refractivity contribution in [1.29, 1.82) is 0 Å². The van der Waals surface area contributed by atoms with Gasteiger partial charge in [-0.25, -0.2) is 4.39 Å². The van der Waals surface area contributed by atoms with Gasteiger partial charge in [-0.1, -0.05) is 23.7 Å². The summed E-state index contributed by atoms with van der Waals surface area (Å²) in [5, 5.41) is 3.14. The number of carbonyl (C=O) groups excluding carboxylic acids is 1. The van der Waals surface area contributed by atoms with E-state index in [1.54, 1.807) is 18.3 Å². The average Bonchev–Trinajstić information content (AvgIpc) is 2.48. The molecule has 0 aliphatic carbocycles. The number of amides is 1. The highest BCUT2D eigenvalue weighted by Gasteiger charge is 2.06. The number of carbonyl (C=O) groups is 1. The van der Waals surface area contributed by atoms with Gasteiger partial charge in [0.15, 0.2) is 0 Å². The molecule has 110 valence electrons. The van der Waals surface area contributed by atoms with E-state index >= 15 is 0 Å². The number of rotatable bonds is 6. The lowest BCUT2D eigenvalue weighted by molar-refractivity contribution is -0.118. The van der Waals surface area contributed by atoms with Crippen molar-refractivity contribution in [2.24, 2.45) is 0 Å². The summed E-state index contributed by atoms with van der Waals surface area (Å²) in [6.45, 7) is 0.398. The quantitative estimate of drug-likeness (QED) is 0.885. The van der Waals surface area contributed by atoms with Crippen LogP contribution in [0, 0.1) is 5.82 Å². The summed E-state index contributed by atoms with van der Waals surface area (Å²) in [5.41, 5.74) is 1.35. The van der Waals surface area contributed by atoms with E-state index in [1.807, 2.05) is 18.2 Å². The predicted molar refractivity (Wildman–Crippen MR) is 83.7 cm³/mol. The minimum absolute atomic E-state index is 0.0972. The molecule has 3 nitrogen and oxygen atoms in total. The van der Waals surface area contributed by atoms with Crippen LogP contribution in [0.15, 0.2) is 42.6 Å². The van der Waals surface area contributed by atoms with E-state index in [2.05, 4.69) is 10.3 Å². The molecular formula is C15H14ClFN2OS. The predicted octanol–water partition coefficient (Wildman–Crippen LogP) is 3.42. The molecule has 21 heavy (non-hydrogen) atoms. The number of aromatic nitrogens is 1. The van der Waals surface area contributed by atoms with Crippen molar-refractivity contribution in [1.82, 2.24) is 10.3 Å². The molecule has 0 radical (unpaired) electrons. The maximum atomic E-state index is 13.5. The number of pyridine rings is 1. The minimum atomic E-state index is -0.344. The van der Waals surface area contributed by atoms with Crippen LogP contribution >= 0.6 is 23.4 Å². The third-order valence-corrected chi connectivity index (χ3v) is 3.92. The number of halogens is 2. The molecule has 0 aliphatic heterocycles. The zero-order valence-electron chi connectivity index (χ0n) is 11.2. The second-order valence-electron chi connectivity index (χ2n) is 4.33. The van der Waals surface area contributed by atoms with Crippen LogP contribution in [-0.4, -0.2) is 16.6 Å². The Labute approximate surface area is 131 Å². The highest BCUT2D eigenvalue weighted by Crippen LogP contribution is 2.19. The first-order chi connectivity index (χ1) is 10.1. The van der Waals surface area contributed by atoms with Gasteiger partial charge in [-0.2, -0.15) is 0 Å². The standard InChI is InChI=1S/C15H14ClFN2OS/c16-12-5-4-11(14(17)7-12)9-21-10-15(20)19-8-13-3-1-2-6-18-13/h1-7H,8-10H2,(H,19,20). The van der Waals surface area contributed by atoms with Crippen LogP contribution in [0.2, 0.25) is 5.02 Å². The van der Waals surface area contributed by atoms with Gasteiger partial charge in [0, 0.05) is 17.0 Å². The lowest BCUT2D eigenvalue weighted by Gasteiger charge is -2.06. The zero-order valence-corrected chi connectivity index (χ0v) is 12.8. The van der Waals surface area contributed by atoms with Crippen molar-refractivity contribution in [3.63, 3.8) is 0 Å². The molecule has 0 saturated heterocycles. The molecule has 1 aromatic heterocycles. The van der Waals surface area contributed by atoms with Gasteiger partial charge in [0.1, 0.15) is 5.82 Å². The normalized spacial score (nSPS) is 10.4. The summed E-state index contributed by atoms with van der Waals surface area (Å²) >= 11 is 7.04. The molecular weight excluding hydrogens is 311 g/mol. The summed E-state index contributed by atoms with van der Waals surface area (Å²) in [7, 11) is 0. The third-order valence-electron chi connectivity index (χ3n) is 2.70. The number of benzene rings is 1. The maximum absolute atomic E-state index is 13.5. The van der Waals surface area contributed by atoms with Crippen molar-refractivity contribution in [3.05, 3.63) is 64.7 Å². The van der Waals surface area contributed by atoms with Crippen molar-refractivity contribution in [2.45, 2.75) is 12.3 Å². The monoisotopic (exact) mass is 324 g/mol. The van der Waals surface area contributed by atoms with Gasteiger partial charge in [0.05, 0.1) is 18.0 Å². The van der Waals surface area contributed by atoms with Crippen LogP contribution in [0.3, 0.4) is 0 Å². The molecule has 0 bridgehead atoms. The molecule has 6 heteroatoms. The van der Waals surface area contributed by atoms with Crippen molar-refractivity contribution in [3.8, 4) is 0 Å². The minimum Gasteiger partial charge on any atom is -0.350 e. The SMILES string of the molecule is O=C(CSCc1ccc(Cl)cc1F)NCc1ccccn1. The third kappa shape index (κ3) is 5.36. The second-order valence-corrected chi connectivity index (χ2v) is 5.75. The lowest BCUT2D eigenvalue weighted by Crippen LogP contribution is -2.25. The molecule has 0 saturated carbocycles. The summed E-state index contributed by atoms with van der Waals surface area (Å²) in [5.74, 6) is 0.262. The molecule has 0 fully saturated rings. The number of thioether (sulfide) groups is 1. The van der Waals surface area contributed by atoms with Gasteiger partial charge in [0.25, 0.3) is 0 Å². The Morgan fingerprint density at radius 2 is 2.19 bits per heavy atom. The second kappa shape index (κ2) is 8.00. The van der Waals surface area contributed by atoms with E-state index in [4.69, 9.17) is 11.6 Å². The van der Waals surface area contributed by atoms with Crippen LogP contribution in [0.25, 0.3) is 0 Å². The first-order valence-corrected chi connectivity index (χ1v) is 7.86. The number of nitrogens with zero attached hydrogens (tertiary/aromatic N) is 1. The van der Waals surface area contributed by atoms with E-state index in [9.17, 15) is 9.18 Å². The molecule has 0 aliphatic rings. The van der Waals surface area contributed by atoms with Crippen LogP contribution in [-0.2, 0) is 17.1 Å². The zero-order chi connectivity index (χ0) is 15.1. The first-order valence-electron chi connectivity index (χ1n) is 6.33. The van der Waals surface area contributed by atoms with E-state index < -0.39 is 0 Å². The van der Waals surface area contributed by atoms with E-state index in [0.29, 0.717) is 22.9 Å². The number of hydrogen-bond acceptors (Lipinski definition) is 3. The van der Waals surface area contributed by atoms with Crippen molar-refractivity contribution >= 4 is 29.3 Å². The van der Waals surface area contributed by atoms with Crippen molar-refractivity contribution < 1.29 is 9.18 Å². The van der Waals surface area contributed by atoms with E-state index in [1.165, 1.54) is 17.8 Å². The first kappa shape index (κ1) is 15.8. The fourth-order valence-corrected chi connectivity index (χ4v) is 2.64. The Hall–Kier alpha value is -1.59. The van der Waals surface area contributed by atoms with Gasteiger partial charge in [-0.05, 0) is 29.8 Å². The van der Waals surface area contributed by atoms with E-state index in [0.717, 1.165) is 5.69 Å². The highest BCUT2D eigenvalue weighted by molar-refractivity contribution is 7.99. The van der Waals surface area contributed by atoms with E-state index in [-0.39, 0.29) is 17.5 Å². The molecule has 2 rings (SSSR count). The molecule has 1 N–H and O–H groups in total. The molecule has 0 spiro atoms. The maximum Gasteiger partial charge on any atom is 0.230 e. The van der Waals surface area contributed by atoms with Crippen LogP contribution in [0.4, 0.5) is 4.39 Å². The largest absolute Gasteiger partial charge is 0.350 e. The van der Waals surface area contributed by atoms with Crippen LogP contribution < -0.4 is 5.32 Å². The van der Waals surface area contributed by atoms with Gasteiger partial charge in [-0.3, -0.25) is 9.78 Å². The fourth-order valence-electron chi connectivity index (χ4n) is 1.64. The molecule has 1 amide bonds. The Morgan fingerprint density at radius 3 is 2.90 bits per heavy atom. The van der Waals surface area contributed by atoms with Gasteiger partial charge in [0.2, 0.25) is 5.91 Å².